The molecule has 8 nitrogen and oxygen atoms in total. The van der Waals surface area contributed by atoms with E-state index in [1.807, 2.05) is 6.92 Å². The van der Waals surface area contributed by atoms with E-state index in [1.165, 1.54) is 6.26 Å². The van der Waals surface area contributed by atoms with Gasteiger partial charge in [0.1, 0.15) is 0 Å². The molecular weight excluding hydrogens is 334 g/mol. The van der Waals surface area contributed by atoms with Crippen LogP contribution in [0.15, 0.2) is 21.7 Å². The first-order valence-electron chi connectivity index (χ1n) is 9.07. The van der Waals surface area contributed by atoms with Crippen molar-refractivity contribution in [3.63, 3.8) is 0 Å². The van der Waals surface area contributed by atoms with Crippen molar-refractivity contribution in [2.45, 2.75) is 32.6 Å². The van der Waals surface area contributed by atoms with Gasteiger partial charge in [-0.25, -0.2) is 0 Å². The summed E-state index contributed by atoms with van der Waals surface area (Å²) in [4.78, 5) is 29.6. The van der Waals surface area contributed by atoms with Gasteiger partial charge in [0, 0.05) is 45.2 Å². The summed E-state index contributed by atoms with van der Waals surface area (Å²) in [6.07, 6.45) is 4.75. The molecule has 2 rings (SSSR count). The van der Waals surface area contributed by atoms with Gasteiger partial charge in [0.05, 0.1) is 6.26 Å². The minimum Gasteiger partial charge on any atom is -0.459 e. The van der Waals surface area contributed by atoms with E-state index in [4.69, 9.17) is 10.2 Å². The lowest BCUT2D eigenvalue weighted by Crippen LogP contribution is -2.47. The fourth-order valence-electron chi connectivity index (χ4n) is 3.22. The van der Waals surface area contributed by atoms with Crippen LogP contribution in [0.2, 0.25) is 0 Å². The molecule has 1 saturated heterocycles. The molecule has 0 bridgehead atoms. The Bertz CT molecular complexity index is 641. The first-order valence-corrected chi connectivity index (χ1v) is 9.07. The molecule has 1 aliphatic rings. The molecule has 1 unspecified atom stereocenters. The van der Waals surface area contributed by atoms with Gasteiger partial charge in [-0.1, -0.05) is 0 Å². The lowest BCUT2D eigenvalue weighted by molar-refractivity contribution is -0.119. The molecule has 1 aliphatic heterocycles. The molecule has 0 aromatic carbocycles. The number of likely N-dealkylation sites (tertiary alicyclic amines) is 1. The van der Waals surface area contributed by atoms with E-state index in [0.29, 0.717) is 25.3 Å². The predicted octanol–water partition coefficient (Wildman–Crippen LogP) is 0.871. The zero-order valence-electron chi connectivity index (χ0n) is 15.6. The van der Waals surface area contributed by atoms with Gasteiger partial charge in [-0.3, -0.25) is 14.6 Å². The Hall–Kier alpha value is -2.51. The van der Waals surface area contributed by atoms with E-state index in [9.17, 15) is 9.59 Å². The molecule has 144 valence electrons. The van der Waals surface area contributed by atoms with Crippen LogP contribution < -0.4 is 16.4 Å². The zero-order chi connectivity index (χ0) is 18.9. The number of piperidine rings is 1. The van der Waals surface area contributed by atoms with Gasteiger partial charge >= 0.3 is 0 Å². The minimum absolute atomic E-state index is 0.192. The lowest BCUT2D eigenvalue weighted by atomic mass is 9.95. The van der Waals surface area contributed by atoms with Crippen molar-refractivity contribution in [1.82, 2.24) is 15.5 Å². The largest absolute Gasteiger partial charge is 0.459 e. The normalized spacial score (nSPS) is 17.8. The third-order valence-corrected chi connectivity index (χ3v) is 4.51. The van der Waals surface area contributed by atoms with Crippen molar-refractivity contribution in [2.75, 3.05) is 33.2 Å². The number of carbonyl (C=O) groups is 2. The van der Waals surface area contributed by atoms with Gasteiger partial charge in [0.25, 0.3) is 5.91 Å². The van der Waals surface area contributed by atoms with E-state index in [0.717, 1.165) is 43.9 Å². The number of furan rings is 1. The van der Waals surface area contributed by atoms with Gasteiger partial charge in [0.2, 0.25) is 5.91 Å². The highest BCUT2D eigenvalue weighted by atomic mass is 16.3. The number of hydrogen-bond donors (Lipinski definition) is 3. The fourth-order valence-corrected chi connectivity index (χ4v) is 3.22. The number of aryl methyl sites for hydroxylation is 1. The highest BCUT2D eigenvalue weighted by Gasteiger charge is 2.23. The number of nitrogens with one attached hydrogen (secondary N) is 2. The summed E-state index contributed by atoms with van der Waals surface area (Å²) in [6, 6.07) is 1.77. The molecule has 1 aromatic rings. The molecular formula is C18H29N5O3. The Morgan fingerprint density at radius 3 is 2.81 bits per heavy atom. The van der Waals surface area contributed by atoms with Crippen molar-refractivity contribution < 1.29 is 14.0 Å². The van der Waals surface area contributed by atoms with Gasteiger partial charge < -0.3 is 25.7 Å². The fraction of sp³-hybridized carbons (Fsp3) is 0.611. The van der Waals surface area contributed by atoms with Crippen LogP contribution >= 0.6 is 0 Å². The summed E-state index contributed by atoms with van der Waals surface area (Å²) in [6.45, 7) is 4.79. The van der Waals surface area contributed by atoms with E-state index in [-0.39, 0.29) is 17.7 Å². The van der Waals surface area contributed by atoms with Crippen molar-refractivity contribution in [1.29, 1.82) is 0 Å². The lowest BCUT2D eigenvalue weighted by Gasteiger charge is -2.34. The molecule has 4 N–H and O–H groups in total. The molecule has 1 aromatic heterocycles. The monoisotopic (exact) mass is 363 g/mol. The van der Waals surface area contributed by atoms with Crippen LogP contribution in [0.25, 0.3) is 0 Å². The smallest absolute Gasteiger partial charge is 0.287 e. The second kappa shape index (κ2) is 9.84. The van der Waals surface area contributed by atoms with E-state index in [1.54, 1.807) is 13.1 Å². The summed E-state index contributed by atoms with van der Waals surface area (Å²) >= 11 is 0. The quantitative estimate of drug-likeness (QED) is 0.378. The van der Waals surface area contributed by atoms with E-state index >= 15 is 0 Å². The van der Waals surface area contributed by atoms with Gasteiger partial charge in [0.15, 0.2) is 11.7 Å². The average Bonchev–Trinajstić information content (AvgIpc) is 3.03. The van der Waals surface area contributed by atoms with Crippen LogP contribution in [0.3, 0.4) is 0 Å². The number of primary amides is 1. The summed E-state index contributed by atoms with van der Waals surface area (Å²) in [5.74, 6) is 1.04. The van der Waals surface area contributed by atoms with Crippen LogP contribution in [0, 0.1) is 12.8 Å². The minimum atomic E-state index is -0.248. The SMILES string of the molecule is CN=C(NCCCNC(=O)c1occc1C)N1CCCC(CC(N)=O)C1. The molecule has 0 aliphatic carbocycles. The molecule has 1 atom stereocenters. The maximum Gasteiger partial charge on any atom is 0.287 e. The number of guanidine groups is 1. The molecule has 0 spiro atoms. The molecule has 2 amide bonds. The van der Waals surface area contributed by atoms with Crippen LogP contribution in [-0.2, 0) is 4.79 Å². The van der Waals surface area contributed by atoms with E-state index in [2.05, 4.69) is 20.5 Å². The van der Waals surface area contributed by atoms with Crippen LogP contribution in [0.1, 0.15) is 41.8 Å². The van der Waals surface area contributed by atoms with E-state index < -0.39 is 0 Å². The molecule has 0 saturated carbocycles. The van der Waals surface area contributed by atoms with Crippen molar-refractivity contribution in [2.24, 2.45) is 16.6 Å². The van der Waals surface area contributed by atoms with Crippen molar-refractivity contribution in [3.8, 4) is 0 Å². The summed E-state index contributed by atoms with van der Waals surface area (Å²) in [7, 11) is 1.75. The highest BCUT2D eigenvalue weighted by molar-refractivity contribution is 5.92. The third kappa shape index (κ3) is 5.79. The molecule has 26 heavy (non-hydrogen) atoms. The second-order valence-electron chi connectivity index (χ2n) is 6.64. The summed E-state index contributed by atoms with van der Waals surface area (Å²) in [5.41, 5.74) is 6.15. The van der Waals surface area contributed by atoms with Crippen LogP contribution in [-0.4, -0.2) is 55.9 Å². The second-order valence-corrected chi connectivity index (χ2v) is 6.64. The topological polar surface area (TPSA) is 113 Å². The Morgan fingerprint density at radius 1 is 1.38 bits per heavy atom. The third-order valence-electron chi connectivity index (χ3n) is 4.51. The number of carbonyl (C=O) groups excluding carboxylic acids is 2. The van der Waals surface area contributed by atoms with Gasteiger partial charge in [-0.05, 0) is 38.2 Å². The number of aliphatic imine (C=N–C) groups is 1. The molecule has 0 radical (unpaired) electrons. The number of rotatable bonds is 7. The Labute approximate surface area is 154 Å². The molecule has 8 heteroatoms. The van der Waals surface area contributed by atoms with Crippen molar-refractivity contribution in [3.05, 3.63) is 23.7 Å². The number of nitrogens with two attached hydrogens (primary N) is 1. The first kappa shape index (κ1) is 19.8. The van der Waals surface area contributed by atoms with Crippen LogP contribution in [0.5, 0.6) is 0 Å². The predicted molar refractivity (Wildman–Crippen MR) is 99.9 cm³/mol. The van der Waals surface area contributed by atoms with Gasteiger partial charge in [-0.2, -0.15) is 0 Å². The average molecular weight is 363 g/mol. The summed E-state index contributed by atoms with van der Waals surface area (Å²) < 4.78 is 5.17. The van der Waals surface area contributed by atoms with Crippen molar-refractivity contribution >= 4 is 17.8 Å². The maximum atomic E-state index is 12.0. The highest BCUT2D eigenvalue weighted by Crippen LogP contribution is 2.19. The zero-order valence-corrected chi connectivity index (χ0v) is 15.6. The number of nitrogens with zero attached hydrogens (tertiary/aromatic N) is 2. The number of amides is 2. The van der Waals surface area contributed by atoms with Crippen LogP contribution in [0.4, 0.5) is 0 Å². The summed E-state index contributed by atoms with van der Waals surface area (Å²) in [5, 5.41) is 6.17. The Morgan fingerprint density at radius 2 is 2.15 bits per heavy atom. The maximum absolute atomic E-state index is 12.0. The Kier molecular flexibility index (Phi) is 7.50. The van der Waals surface area contributed by atoms with Gasteiger partial charge in [-0.15, -0.1) is 0 Å². The first-order chi connectivity index (χ1) is 12.5. The number of hydrogen-bond acceptors (Lipinski definition) is 4. The molecule has 1 fully saturated rings. The Balaban J connectivity index is 1.69. The molecule has 2 heterocycles. The standard InChI is InChI=1S/C18H29N5O3/c1-13-6-10-26-16(13)17(25)21-7-4-8-22-18(20-2)23-9-3-5-14(12-23)11-15(19)24/h6,10,14H,3-5,7-9,11-12H2,1-2H3,(H2,19,24)(H,20,22)(H,21,25).